The van der Waals surface area contributed by atoms with E-state index in [1.54, 1.807) is 0 Å². The van der Waals surface area contributed by atoms with Gasteiger partial charge in [-0.3, -0.25) is 11.3 Å². The maximum atomic E-state index is 5.94. The lowest BCUT2D eigenvalue weighted by Gasteiger charge is -2.37. The van der Waals surface area contributed by atoms with Crippen LogP contribution < -0.4 is 16.0 Å². The fraction of sp³-hybridized carbons (Fsp3) is 0.333. The summed E-state index contributed by atoms with van der Waals surface area (Å²) in [4.78, 5) is 0. The van der Waals surface area contributed by atoms with Crippen LogP contribution in [0.25, 0.3) is 0 Å². The van der Waals surface area contributed by atoms with E-state index in [9.17, 15) is 0 Å². The highest BCUT2D eigenvalue weighted by molar-refractivity contribution is 5.46. The second kappa shape index (κ2) is 5.88. The van der Waals surface area contributed by atoms with Gasteiger partial charge in [0.2, 0.25) is 0 Å². The minimum atomic E-state index is 0.0786. The summed E-state index contributed by atoms with van der Waals surface area (Å²) in [6.07, 6.45) is 1.21. The molecule has 2 aromatic rings. The molecule has 0 aromatic heterocycles. The SMILES string of the molecule is CC(C)Oc1ccccc1C(NN)C1Cc2ccccc21. The standard InChI is InChI=1S/C18H22N2O/c1-12(2)21-17-10-6-5-9-15(17)18(20-19)16-11-13-7-3-4-8-14(13)16/h3-10,12,16,18,20H,11,19H2,1-2H3. The van der Waals surface area contributed by atoms with Gasteiger partial charge >= 0.3 is 0 Å². The van der Waals surface area contributed by atoms with Gasteiger partial charge in [-0.2, -0.15) is 0 Å². The Morgan fingerprint density at radius 3 is 2.52 bits per heavy atom. The van der Waals surface area contributed by atoms with Gasteiger partial charge in [0.15, 0.2) is 0 Å². The number of hydrazine groups is 1. The predicted molar refractivity (Wildman–Crippen MR) is 85.2 cm³/mol. The molecule has 3 rings (SSSR count). The lowest BCUT2D eigenvalue weighted by atomic mass is 9.72. The van der Waals surface area contributed by atoms with Crippen LogP contribution in [0.2, 0.25) is 0 Å². The Balaban J connectivity index is 1.92. The third-order valence-electron chi connectivity index (χ3n) is 4.09. The first-order valence-corrected chi connectivity index (χ1v) is 7.50. The van der Waals surface area contributed by atoms with Crippen LogP contribution in [-0.2, 0) is 6.42 Å². The highest BCUT2D eigenvalue weighted by Crippen LogP contribution is 2.45. The quantitative estimate of drug-likeness (QED) is 0.653. The zero-order chi connectivity index (χ0) is 14.8. The molecule has 3 nitrogen and oxygen atoms in total. The molecule has 0 saturated heterocycles. The third-order valence-corrected chi connectivity index (χ3v) is 4.09. The number of nitrogens with two attached hydrogens (primary N) is 1. The van der Waals surface area contributed by atoms with Crippen molar-refractivity contribution in [2.24, 2.45) is 5.84 Å². The van der Waals surface area contributed by atoms with E-state index < -0.39 is 0 Å². The lowest BCUT2D eigenvalue weighted by Crippen LogP contribution is -2.37. The lowest BCUT2D eigenvalue weighted by molar-refractivity contribution is 0.235. The topological polar surface area (TPSA) is 47.3 Å². The molecule has 0 fully saturated rings. The molecule has 0 spiro atoms. The zero-order valence-corrected chi connectivity index (χ0v) is 12.5. The van der Waals surface area contributed by atoms with Gasteiger partial charge in [-0.15, -0.1) is 0 Å². The summed E-state index contributed by atoms with van der Waals surface area (Å²) in [5, 5.41) is 0. The molecular weight excluding hydrogens is 260 g/mol. The summed E-state index contributed by atoms with van der Waals surface area (Å²) in [5.74, 6) is 7.19. The highest BCUT2D eigenvalue weighted by Gasteiger charge is 2.34. The van der Waals surface area contributed by atoms with Crippen molar-refractivity contribution in [3.63, 3.8) is 0 Å². The molecule has 0 bridgehead atoms. The second-order valence-corrected chi connectivity index (χ2v) is 5.86. The largest absolute Gasteiger partial charge is 0.491 e. The number of benzene rings is 2. The molecule has 2 unspecified atom stereocenters. The number of hydrogen-bond acceptors (Lipinski definition) is 3. The van der Waals surface area contributed by atoms with Gasteiger partial charge in [-0.25, -0.2) is 0 Å². The van der Waals surface area contributed by atoms with E-state index in [-0.39, 0.29) is 12.1 Å². The first kappa shape index (κ1) is 14.1. The van der Waals surface area contributed by atoms with Gasteiger partial charge in [0.25, 0.3) is 0 Å². The van der Waals surface area contributed by atoms with Crippen LogP contribution in [0, 0.1) is 0 Å². The van der Waals surface area contributed by atoms with Gasteiger partial charge in [-0.05, 0) is 37.5 Å². The minimum absolute atomic E-state index is 0.0786. The summed E-state index contributed by atoms with van der Waals surface area (Å²) in [6.45, 7) is 4.08. The van der Waals surface area contributed by atoms with Crippen molar-refractivity contribution in [2.45, 2.75) is 38.3 Å². The van der Waals surface area contributed by atoms with Gasteiger partial charge in [0, 0.05) is 11.5 Å². The maximum absolute atomic E-state index is 5.94. The van der Waals surface area contributed by atoms with E-state index in [4.69, 9.17) is 10.6 Å². The minimum Gasteiger partial charge on any atom is -0.491 e. The molecule has 21 heavy (non-hydrogen) atoms. The molecule has 0 saturated carbocycles. The number of ether oxygens (including phenoxy) is 1. The molecule has 0 aliphatic heterocycles. The van der Waals surface area contributed by atoms with Crippen molar-refractivity contribution in [1.82, 2.24) is 5.43 Å². The summed E-state index contributed by atoms with van der Waals surface area (Å²) in [6, 6.07) is 16.8. The van der Waals surface area contributed by atoms with Crippen LogP contribution in [0.15, 0.2) is 48.5 Å². The van der Waals surface area contributed by atoms with Gasteiger partial charge < -0.3 is 4.74 Å². The number of hydrogen-bond donors (Lipinski definition) is 2. The Morgan fingerprint density at radius 2 is 1.81 bits per heavy atom. The third kappa shape index (κ3) is 2.67. The number of fused-ring (bicyclic) bond motifs is 1. The van der Waals surface area contributed by atoms with Crippen molar-refractivity contribution >= 4 is 0 Å². The van der Waals surface area contributed by atoms with Crippen LogP contribution in [-0.4, -0.2) is 6.10 Å². The summed E-state index contributed by atoms with van der Waals surface area (Å²) >= 11 is 0. The summed E-state index contributed by atoms with van der Waals surface area (Å²) < 4.78 is 5.94. The monoisotopic (exact) mass is 282 g/mol. The van der Waals surface area contributed by atoms with E-state index in [2.05, 4.69) is 35.8 Å². The summed E-state index contributed by atoms with van der Waals surface area (Å²) in [7, 11) is 0. The van der Waals surface area contributed by atoms with E-state index in [1.165, 1.54) is 11.1 Å². The second-order valence-electron chi connectivity index (χ2n) is 5.86. The molecule has 110 valence electrons. The fourth-order valence-corrected chi connectivity index (χ4v) is 3.12. The molecule has 1 aliphatic carbocycles. The first-order chi connectivity index (χ1) is 10.2. The van der Waals surface area contributed by atoms with Crippen LogP contribution >= 0.6 is 0 Å². The van der Waals surface area contributed by atoms with Crippen LogP contribution in [0.4, 0.5) is 0 Å². The van der Waals surface area contributed by atoms with E-state index >= 15 is 0 Å². The van der Waals surface area contributed by atoms with E-state index in [0.29, 0.717) is 5.92 Å². The number of nitrogens with one attached hydrogen (secondary N) is 1. The van der Waals surface area contributed by atoms with Gasteiger partial charge in [0.05, 0.1) is 12.1 Å². The van der Waals surface area contributed by atoms with Crippen molar-refractivity contribution in [3.05, 3.63) is 65.2 Å². The maximum Gasteiger partial charge on any atom is 0.124 e. The van der Waals surface area contributed by atoms with E-state index in [1.807, 2.05) is 32.0 Å². The van der Waals surface area contributed by atoms with Crippen LogP contribution in [0.1, 0.15) is 42.5 Å². The summed E-state index contributed by atoms with van der Waals surface area (Å²) in [5.41, 5.74) is 6.94. The molecule has 0 radical (unpaired) electrons. The highest BCUT2D eigenvalue weighted by atomic mass is 16.5. The Labute approximate surface area is 126 Å². The average molecular weight is 282 g/mol. The first-order valence-electron chi connectivity index (χ1n) is 7.50. The fourth-order valence-electron chi connectivity index (χ4n) is 3.12. The zero-order valence-electron chi connectivity index (χ0n) is 12.5. The Bertz CT molecular complexity index is 624. The molecule has 1 aliphatic rings. The number of rotatable bonds is 5. The molecule has 2 aromatic carbocycles. The van der Waals surface area contributed by atoms with Crippen LogP contribution in [0.3, 0.4) is 0 Å². The Kier molecular flexibility index (Phi) is 3.95. The van der Waals surface area contributed by atoms with Gasteiger partial charge in [0.1, 0.15) is 5.75 Å². The number of para-hydroxylation sites is 1. The Morgan fingerprint density at radius 1 is 1.10 bits per heavy atom. The van der Waals surface area contributed by atoms with Crippen molar-refractivity contribution in [3.8, 4) is 5.75 Å². The molecule has 0 heterocycles. The van der Waals surface area contributed by atoms with E-state index in [0.717, 1.165) is 17.7 Å². The Hall–Kier alpha value is -1.84. The smallest absolute Gasteiger partial charge is 0.124 e. The average Bonchev–Trinajstić information content (AvgIpc) is 2.45. The molecule has 3 heteroatoms. The van der Waals surface area contributed by atoms with Gasteiger partial charge in [-0.1, -0.05) is 42.5 Å². The normalized spacial score (nSPS) is 18.0. The predicted octanol–water partition coefficient (Wildman–Crippen LogP) is 3.32. The van der Waals surface area contributed by atoms with Crippen molar-refractivity contribution in [2.75, 3.05) is 0 Å². The van der Waals surface area contributed by atoms with Crippen molar-refractivity contribution < 1.29 is 4.74 Å². The molecule has 2 atom stereocenters. The molecule has 0 amide bonds. The van der Waals surface area contributed by atoms with Crippen LogP contribution in [0.5, 0.6) is 5.75 Å². The molecular formula is C18H22N2O. The molecule has 3 N–H and O–H groups in total. The van der Waals surface area contributed by atoms with Crippen molar-refractivity contribution in [1.29, 1.82) is 0 Å².